The molecule has 4 nitrogen and oxygen atoms in total. The zero-order valence-electron chi connectivity index (χ0n) is 12.1. The van der Waals surface area contributed by atoms with Crippen LogP contribution in [0, 0.1) is 0 Å². The van der Waals surface area contributed by atoms with E-state index in [0.717, 1.165) is 22.0 Å². The van der Waals surface area contributed by atoms with Gasteiger partial charge in [-0.1, -0.05) is 24.3 Å². The average molecular weight is 279 g/mol. The second-order valence-corrected chi connectivity index (χ2v) is 4.74. The van der Waals surface area contributed by atoms with Crippen molar-refractivity contribution in [2.24, 2.45) is 0 Å². The van der Waals surface area contributed by atoms with E-state index in [9.17, 15) is 0 Å². The van der Waals surface area contributed by atoms with E-state index in [4.69, 9.17) is 4.74 Å². The first kappa shape index (κ1) is 13.5. The Morgan fingerprint density at radius 1 is 0.952 bits per heavy atom. The fourth-order valence-corrected chi connectivity index (χ4v) is 2.65. The number of methoxy groups -OCH3 is 1. The number of hydrogen-bond acceptors (Lipinski definition) is 4. The molecule has 2 heterocycles. The highest BCUT2D eigenvalue weighted by atomic mass is 16.5. The first-order chi connectivity index (χ1) is 10.3. The predicted molar refractivity (Wildman–Crippen MR) is 83.4 cm³/mol. The molecule has 0 bridgehead atoms. The van der Waals surface area contributed by atoms with E-state index in [0.29, 0.717) is 5.88 Å². The predicted octanol–water partition coefficient (Wildman–Crippen LogP) is 2.95. The third-order valence-corrected chi connectivity index (χ3v) is 3.58. The van der Waals surface area contributed by atoms with Crippen molar-refractivity contribution in [2.75, 3.05) is 14.2 Å². The molecule has 1 aromatic carbocycles. The second-order valence-electron chi connectivity index (χ2n) is 4.74. The lowest BCUT2D eigenvalue weighted by Crippen LogP contribution is -2.19. The molecule has 4 heteroatoms. The summed E-state index contributed by atoms with van der Waals surface area (Å²) in [6.45, 7) is 0. The molecule has 3 aromatic rings. The van der Waals surface area contributed by atoms with Gasteiger partial charge in [-0.05, 0) is 30.8 Å². The molecule has 3 rings (SSSR count). The maximum Gasteiger partial charge on any atom is 0.218 e. The van der Waals surface area contributed by atoms with Gasteiger partial charge in [0.15, 0.2) is 0 Å². The van der Waals surface area contributed by atoms with Crippen LogP contribution in [0.1, 0.15) is 17.2 Å². The minimum atomic E-state index is 0.00144. The average Bonchev–Trinajstić information content (AvgIpc) is 2.56. The Morgan fingerprint density at radius 3 is 2.52 bits per heavy atom. The van der Waals surface area contributed by atoms with Crippen molar-refractivity contribution >= 4 is 10.9 Å². The van der Waals surface area contributed by atoms with Crippen LogP contribution in [-0.4, -0.2) is 24.1 Å². The maximum absolute atomic E-state index is 5.39. The molecule has 0 saturated heterocycles. The van der Waals surface area contributed by atoms with E-state index in [1.807, 2.05) is 43.6 Å². The SMILES string of the molecule is CNC(c1cccnc1OC)c1cccc2ncccc12. The van der Waals surface area contributed by atoms with Crippen molar-refractivity contribution in [2.45, 2.75) is 6.04 Å². The zero-order chi connectivity index (χ0) is 14.7. The highest BCUT2D eigenvalue weighted by molar-refractivity contribution is 5.83. The summed E-state index contributed by atoms with van der Waals surface area (Å²) in [5.41, 5.74) is 3.16. The Morgan fingerprint density at radius 2 is 1.71 bits per heavy atom. The van der Waals surface area contributed by atoms with Gasteiger partial charge < -0.3 is 10.1 Å². The van der Waals surface area contributed by atoms with E-state index >= 15 is 0 Å². The molecule has 21 heavy (non-hydrogen) atoms. The van der Waals surface area contributed by atoms with Crippen LogP contribution >= 0.6 is 0 Å². The van der Waals surface area contributed by atoms with Gasteiger partial charge in [0.05, 0.1) is 18.7 Å². The topological polar surface area (TPSA) is 47.0 Å². The van der Waals surface area contributed by atoms with E-state index in [2.05, 4.69) is 27.4 Å². The molecule has 1 N–H and O–H groups in total. The Kier molecular flexibility index (Phi) is 3.79. The minimum absolute atomic E-state index is 0.00144. The number of fused-ring (bicyclic) bond motifs is 1. The summed E-state index contributed by atoms with van der Waals surface area (Å²) in [4.78, 5) is 8.71. The van der Waals surface area contributed by atoms with Gasteiger partial charge in [-0.3, -0.25) is 4.98 Å². The van der Waals surface area contributed by atoms with Crippen molar-refractivity contribution in [1.82, 2.24) is 15.3 Å². The Balaban J connectivity index is 2.19. The number of nitrogens with one attached hydrogen (secondary N) is 1. The van der Waals surface area contributed by atoms with E-state index < -0.39 is 0 Å². The molecule has 1 unspecified atom stereocenters. The molecular weight excluding hydrogens is 262 g/mol. The molecule has 0 fully saturated rings. The summed E-state index contributed by atoms with van der Waals surface area (Å²) in [6, 6.07) is 14.2. The number of pyridine rings is 2. The molecule has 0 radical (unpaired) electrons. The molecule has 0 spiro atoms. The fraction of sp³-hybridized carbons (Fsp3) is 0.176. The lowest BCUT2D eigenvalue weighted by molar-refractivity contribution is 0.388. The third-order valence-electron chi connectivity index (χ3n) is 3.58. The lowest BCUT2D eigenvalue weighted by Gasteiger charge is -2.20. The van der Waals surface area contributed by atoms with Crippen LogP contribution in [0.2, 0.25) is 0 Å². The largest absolute Gasteiger partial charge is 0.481 e. The second kappa shape index (κ2) is 5.89. The van der Waals surface area contributed by atoms with Crippen LogP contribution < -0.4 is 10.1 Å². The molecule has 106 valence electrons. The maximum atomic E-state index is 5.39. The van der Waals surface area contributed by atoms with Crippen LogP contribution in [0.15, 0.2) is 54.9 Å². The summed E-state index contributed by atoms with van der Waals surface area (Å²) in [7, 11) is 3.58. The van der Waals surface area contributed by atoms with Crippen LogP contribution in [0.5, 0.6) is 5.88 Å². The van der Waals surface area contributed by atoms with E-state index in [1.54, 1.807) is 13.3 Å². The van der Waals surface area contributed by atoms with Gasteiger partial charge >= 0.3 is 0 Å². The first-order valence-electron chi connectivity index (χ1n) is 6.85. The summed E-state index contributed by atoms with van der Waals surface area (Å²) >= 11 is 0. The molecular formula is C17H17N3O. The number of benzene rings is 1. The molecule has 0 amide bonds. The number of nitrogens with zero attached hydrogens (tertiary/aromatic N) is 2. The highest BCUT2D eigenvalue weighted by Gasteiger charge is 2.19. The van der Waals surface area contributed by atoms with Crippen LogP contribution in [0.3, 0.4) is 0 Å². The lowest BCUT2D eigenvalue weighted by atomic mass is 9.96. The normalized spacial score (nSPS) is 12.3. The van der Waals surface area contributed by atoms with Crippen LogP contribution in [0.4, 0.5) is 0 Å². The van der Waals surface area contributed by atoms with Gasteiger partial charge in [0.1, 0.15) is 0 Å². The first-order valence-corrected chi connectivity index (χ1v) is 6.85. The summed E-state index contributed by atoms with van der Waals surface area (Å²) in [5.74, 6) is 0.637. The van der Waals surface area contributed by atoms with Gasteiger partial charge in [0, 0.05) is 23.3 Å². The highest BCUT2D eigenvalue weighted by Crippen LogP contribution is 2.31. The van der Waals surface area contributed by atoms with Gasteiger partial charge in [0.25, 0.3) is 0 Å². The third kappa shape index (κ3) is 2.45. The number of ether oxygens (including phenoxy) is 1. The van der Waals surface area contributed by atoms with Crippen molar-refractivity contribution < 1.29 is 4.74 Å². The van der Waals surface area contributed by atoms with Crippen LogP contribution in [0.25, 0.3) is 10.9 Å². The van der Waals surface area contributed by atoms with Crippen molar-refractivity contribution in [1.29, 1.82) is 0 Å². The van der Waals surface area contributed by atoms with Gasteiger partial charge in [-0.25, -0.2) is 4.98 Å². The molecule has 0 aliphatic rings. The van der Waals surface area contributed by atoms with Gasteiger partial charge in [-0.2, -0.15) is 0 Å². The number of hydrogen-bond donors (Lipinski definition) is 1. The van der Waals surface area contributed by atoms with Crippen molar-refractivity contribution in [3.8, 4) is 5.88 Å². The van der Waals surface area contributed by atoms with Gasteiger partial charge in [-0.15, -0.1) is 0 Å². The Bertz CT molecular complexity index is 752. The molecule has 0 aliphatic heterocycles. The Labute approximate surface area is 123 Å². The Hall–Kier alpha value is -2.46. The smallest absolute Gasteiger partial charge is 0.218 e. The van der Waals surface area contributed by atoms with Crippen molar-refractivity contribution in [3.05, 3.63) is 66.0 Å². The van der Waals surface area contributed by atoms with Gasteiger partial charge in [0.2, 0.25) is 5.88 Å². The number of aromatic nitrogens is 2. The van der Waals surface area contributed by atoms with Crippen molar-refractivity contribution in [3.63, 3.8) is 0 Å². The number of rotatable bonds is 4. The molecule has 0 saturated carbocycles. The fourth-order valence-electron chi connectivity index (χ4n) is 2.65. The monoisotopic (exact) mass is 279 g/mol. The van der Waals surface area contributed by atoms with Crippen LogP contribution in [-0.2, 0) is 0 Å². The molecule has 0 aliphatic carbocycles. The quantitative estimate of drug-likeness (QED) is 0.797. The van der Waals surface area contributed by atoms with E-state index in [-0.39, 0.29) is 6.04 Å². The summed E-state index contributed by atoms with van der Waals surface area (Å²) < 4.78 is 5.39. The summed E-state index contributed by atoms with van der Waals surface area (Å²) in [5, 5.41) is 4.48. The standard InChI is InChI=1S/C17H17N3O/c1-18-16(14-8-5-11-20-17(14)21-2)13-6-3-9-15-12(13)7-4-10-19-15/h3-11,16,18H,1-2H3. The zero-order valence-corrected chi connectivity index (χ0v) is 12.1. The van der Waals surface area contributed by atoms with E-state index in [1.165, 1.54) is 0 Å². The molecule has 1 atom stereocenters. The summed E-state index contributed by atoms with van der Waals surface area (Å²) in [6.07, 6.45) is 3.55. The molecule has 2 aromatic heterocycles. The minimum Gasteiger partial charge on any atom is -0.481 e.